The molecule has 96 valence electrons. The zero-order valence-electron chi connectivity index (χ0n) is 10.6. The molecule has 1 aromatic heterocycles. The van der Waals surface area contributed by atoms with Gasteiger partial charge in [-0.1, -0.05) is 0 Å². The Morgan fingerprint density at radius 3 is 2.67 bits per heavy atom. The molecule has 0 aliphatic heterocycles. The molecular formula is C14H18N2O2. The third kappa shape index (κ3) is 2.33. The zero-order chi connectivity index (χ0) is 12.7. The van der Waals surface area contributed by atoms with Gasteiger partial charge >= 0.3 is 5.97 Å². The van der Waals surface area contributed by atoms with Gasteiger partial charge in [0.05, 0.1) is 5.56 Å². The summed E-state index contributed by atoms with van der Waals surface area (Å²) in [6.07, 6.45) is 6.63. The maximum absolute atomic E-state index is 10.9. The fraction of sp³-hybridized carbons (Fsp3) is 0.571. The molecule has 0 saturated heterocycles. The van der Waals surface area contributed by atoms with E-state index in [2.05, 4.69) is 9.88 Å². The SMILES string of the molecule is Cc1cc(C(=O)O)cnc1N(CC1CC1)C1CC1. The van der Waals surface area contributed by atoms with Crippen molar-refractivity contribution < 1.29 is 9.90 Å². The maximum Gasteiger partial charge on any atom is 0.337 e. The van der Waals surface area contributed by atoms with Crippen LogP contribution in [0.4, 0.5) is 5.82 Å². The molecule has 0 bridgehead atoms. The van der Waals surface area contributed by atoms with Crippen LogP contribution in [-0.2, 0) is 0 Å². The van der Waals surface area contributed by atoms with Crippen molar-refractivity contribution in [1.82, 2.24) is 4.98 Å². The van der Waals surface area contributed by atoms with Gasteiger partial charge in [0.1, 0.15) is 5.82 Å². The highest BCUT2D eigenvalue weighted by atomic mass is 16.4. The first-order valence-electron chi connectivity index (χ1n) is 6.61. The topological polar surface area (TPSA) is 53.4 Å². The first-order chi connectivity index (χ1) is 8.65. The maximum atomic E-state index is 10.9. The summed E-state index contributed by atoms with van der Waals surface area (Å²) in [4.78, 5) is 17.7. The predicted molar refractivity (Wildman–Crippen MR) is 69.0 cm³/mol. The first kappa shape index (κ1) is 11.5. The molecule has 0 atom stereocenters. The summed E-state index contributed by atoms with van der Waals surface area (Å²) in [5, 5.41) is 8.96. The van der Waals surface area contributed by atoms with Gasteiger partial charge in [0.25, 0.3) is 0 Å². The van der Waals surface area contributed by atoms with E-state index in [4.69, 9.17) is 5.11 Å². The van der Waals surface area contributed by atoms with Gasteiger partial charge in [-0.2, -0.15) is 0 Å². The Morgan fingerprint density at radius 1 is 1.44 bits per heavy atom. The molecule has 2 saturated carbocycles. The second-order valence-electron chi connectivity index (χ2n) is 5.50. The minimum absolute atomic E-state index is 0.276. The first-order valence-corrected chi connectivity index (χ1v) is 6.61. The lowest BCUT2D eigenvalue weighted by Crippen LogP contribution is -2.29. The van der Waals surface area contributed by atoms with Gasteiger partial charge in [-0.05, 0) is 50.2 Å². The number of aryl methyl sites for hydroxylation is 1. The van der Waals surface area contributed by atoms with Crippen molar-refractivity contribution in [3.05, 3.63) is 23.4 Å². The molecule has 2 aliphatic carbocycles. The minimum atomic E-state index is -0.905. The summed E-state index contributed by atoms with van der Waals surface area (Å²) in [7, 11) is 0. The third-order valence-corrected chi connectivity index (χ3v) is 3.71. The summed E-state index contributed by atoms with van der Waals surface area (Å²) >= 11 is 0. The molecular weight excluding hydrogens is 228 g/mol. The fourth-order valence-corrected chi connectivity index (χ4v) is 2.36. The summed E-state index contributed by atoms with van der Waals surface area (Å²) in [6.45, 7) is 3.04. The van der Waals surface area contributed by atoms with Crippen molar-refractivity contribution in [2.45, 2.75) is 38.6 Å². The number of hydrogen-bond acceptors (Lipinski definition) is 3. The van der Waals surface area contributed by atoms with E-state index in [1.54, 1.807) is 6.07 Å². The van der Waals surface area contributed by atoms with Crippen LogP contribution in [0, 0.1) is 12.8 Å². The van der Waals surface area contributed by atoms with Crippen LogP contribution in [-0.4, -0.2) is 28.6 Å². The predicted octanol–water partition coefficient (Wildman–Crippen LogP) is 2.47. The Kier molecular flexibility index (Phi) is 2.73. The van der Waals surface area contributed by atoms with E-state index >= 15 is 0 Å². The number of aromatic nitrogens is 1. The van der Waals surface area contributed by atoms with E-state index in [0.29, 0.717) is 6.04 Å². The molecule has 0 spiro atoms. The molecule has 1 heterocycles. The van der Waals surface area contributed by atoms with Crippen LogP contribution in [0.5, 0.6) is 0 Å². The Labute approximate surface area is 107 Å². The minimum Gasteiger partial charge on any atom is -0.478 e. The van der Waals surface area contributed by atoms with E-state index in [-0.39, 0.29) is 5.56 Å². The van der Waals surface area contributed by atoms with Gasteiger partial charge in [0.15, 0.2) is 0 Å². The molecule has 0 amide bonds. The molecule has 4 heteroatoms. The Balaban J connectivity index is 1.86. The standard InChI is InChI=1S/C14H18N2O2/c1-9-6-11(14(17)18)7-15-13(9)16(12-4-5-12)8-10-2-3-10/h6-7,10,12H,2-5,8H2,1H3,(H,17,18). The van der Waals surface area contributed by atoms with Crippen molar-refractivity contribution in [2.75, 3.05) is 11.4 Å². The normalized spacial score (nSPS) is 18.7. The number of hydrogen-bond donors (Lipinski definition) is 1. The summed E-state index contributed by atoms with van der Waals surface area (Å²) in [5.41, 5.74) is 1.25. The lowest BCUT2D eigenvalue weighted by atomic mass is 10.2. The summed E-state index contributed by atoms with van der Waals surface area (Å²) < 4.78 is 0. The molecule has 3 rings (SSSR count). The average Bonchev–Trinajstić information content (AvgIpc) is 3.19. The van der Waals surface area contributed by atoms with E-state index in [0.717, 1.165) is 23.8 Å². The van der Waals surface area contributed by atoms with Gasteiger partial charge in [0.2, 0.25) is 0 Å². The number of anilines is 1. The van der Waals surface area contributed by atoms with Gasteiger partial charge in [0, 0.05) is 18.8 Å². The molecule has 0 unspecified atom stereocenters. The van der Waals surface area contributed by atoms with Crippen molar-refractivity contribution >= 4 is 11.8 Å². The van der Waals surface area contributed by atoms with Crippen LogP contribution in [0.3, 0.4) is 0 Å². The molecule has 2 aliphatic rings. The van der Waals surface area contributed by atoms with Crippen LogP contribution < -0.4 is 4.90 Å². The van der Waals surface area contributed by atoms with Gasteiger partial charge in [-0.25, -0.2) is 9.78 Å². The number of aromatic carboxylic acids is 1. The van der Waals surface area contributed by atoms with E-state index in [1.165, 1.54) is 31.9 Å². The van der Waals surface area contributed by atoms with E-state index in [9.17, 15) is 4.79 Å². The molecule has 1 N–H and O–H groups in total. The molecule has 1 aromatic rings. The highest BCUT2D eigenvalue weighted by Gasteiger charge is 2.35. The molecule has 2 fully saturated rings. The monoisotopic (exact) mass is 246 g/mol. The van der Waals surface area contributed by atoms with Gasteiger partial charge in [-0.15, -0.1) is 0 Å². The molecule has 4 nitrogen and oxygen atoms in total. The van der Waals surface area contributed by atoms with Crippen LogP contribution >= 0.6 is 0 Å². The Bertz CT molecular complexity index is 479. The largest absolute Gasteiger partial charge is 0.478 e. The highest BCUT2D eigenvalue weighted by molar-refractivity contribution is 5.87. The number of pyridine rings is 1. The van der Waals surface area contributed by atoms with Crippen LogP contribution in [0.1, 0.15) is 41.6 Å². The Morgan fingerprint density at radius 2 is 2.17 bits per heavy atom. The molecule has 18 heavy (non-hydrogen) atoms. The summed E-state index contributed by atoms with van der Waals surface area (Å²) in [6, 6.07) is 2.36. The third-order valence-electron chi connectivity index (χ3n) is 3.71. The Hall–Kier alpha value is -1.58. The fourth-order valence-electron chi connectivity index (χ4n) is 2.36. The highest BCUT2D eigenvalue weighted by Crippen LogP contribution is 2.37. The smallest absolute Gasteiger partial charge is 0.337 e. The number of carboxylic acid groups (broad SMARTS) is 1. The number of nitrogens with zero attached hydrogens (tertiary/aromatic N) is 2. The number of carboxylic acids is 1. The summed E-state index contributed by atoms with van der Waals surface area (Å²) in [5.74, 6) is 0.901. The van der Waals surface area contributed by atoms with Gasteiger partial charge < -0.3 is 10.0 Å². The quantitative estimate of drug-likeness (QED) is 0.867. The number of rotatable bonds is 5. The number of carbonyl (C=O) groups is 1. The average molecular weight is 246 g/mol. The van der Waals surface area contributed by atoms with Crippen molar-refractivity contribution in [3.63, 3.8) is 0 Å². The zero-order valence-corrected chi connectivity index (χ0v) is 10.6. The molecule has 0 radical (unpaired) electrons. The molecule has 0 aromatic carbocycles. The van der Waals surface area contributed by atoms with Gasteiger partial charge in [-0.3, -0.25) is 0 Å². The second kappa shape index (κ2) is 4.26. The van der Waals surface area contributed by atoms with E-state index in [1.807, 2.05) is 6.92 Å². The second-order valence-corrected chi connectivity index (χ2v) is 5.50. The van der Waals surface area contributed by atoms with Crippen LogP contribution in [0.15, 0.2) is 12.3 Å². The van der Waals surface area contributed by atoms with Crippen molar-refractivity contribution in [2.24, 2.45) is 5.92 Å². The lowest BCUT2D eigenvalue weighted by Gasteiger charge is -2.25. The lowest BCUT2D eigenvalue weighted by molar-refractivity contribution is 0.0696. The van der Waals surface area contributed by atoms with E-state index < -0.39 is 5.97 Å². The van der Waals surface area contributed by atoms with Crippen LogP contribution in [0.25, 0.3) is 0 Å². The van der Waals surface area contributed by atoms with Crippen molar-refractivity contribution in [1.29, 1.82) is 0 Å². The van der Waals surface area contributed by atoms with Crippen molar-refractivity contribution in [3.8, 4) is 0 Å². The van der Waals surface area contributed by atoms with Crippen LogP contribution in [0.2, 0.25) is 0 Å².